The summed E-state index contributed by atoms with van der Waals surface area (Å²) in [5.74, 6) is 2.48. The van der Waals surface area contributed by atoms with Crippen LogP contribution in [0.1, 0.15) is 71.8 Å². The molecule has 0 radical (unpaired) electrons. The zero-order valence-electron chi connectivity index (χ0n) is 17.6. The molecule has 0 aliphatic carbocycles. The first-order valence-electron chi connectivity index (χ1n) is 10.7. The maximum Gasteiger partial charge on any atom is 0.231 e. The molecule has 2 unspecified atom stereocenters. The van der Waals surface area contributed by atoms with Crippen molar-refractivity contribution in [2.75, 3.05) is 19.9 Å². The molecule has 4 heteroatoms. The molecule has 27 heavy (non-hydrogen) atoms. The van der Waals surface area contributed by atoms with E-state index in [1.165, 1.54) is 37.7 Å². The zero-order valence-corrected chi connectivity index (χ0v) is 17.6. The van der Waals surface area contributed by atoms with E-state index in [9.17, 15) is 0 Å². The van der Waals surface area contributed by atoms with E-state index in [0.29, 0.717) is 12.2 Å². The van der Waals surface area contributed by atoms with Crippen LogP contribution in [0.25, 0.3) is 0 Å². The lowest BCUT2D eigenvalue weighted by atomic mass is 9.67. The van der Waals surface area contributed by atoms with Crippen LogP contribution in [-0.2, 0) is 11.3 Å². The van der Waals surface area contributed by atoms with Crippen LogP contribution < -0.4 is 14.8 Å². The highest BCUT2D eigenvalue weighted by molar-refractivity contribution is 5.44. The monoisotopic (exact) mass is 375 g/mol. The lowest BCUT2D eigenvalue weighted by molar-refractivity contribution is -0.122. The first kappa shape index (κ1) is 20.5. The summed E-state index contributed by atoms with van der Waals surface area (Å²) in [5, 5.41) is 3.66. The maximum atomic E-state index is 6.15. The Balaban J connectivity index is 1.54. The van der Waals surface area contributed by atoms with Crippen molar-refractivity contribution in [2.24, 2.45) is 11.3 Å². The number of hydrogen-bond donors (Lipinski definition) is 1. The van der Waals surface area contributed by atoms with Gasteiger partial charge in [0, 0.05) is 13.2 Å². The molecule has 152 valence electrons. The van der Waals surface area contributed by atoms with Crippen molar-refractivity contribution in [3.8, 4) is 11.5 Å². The van der Waals surface area contributed by atoms with Gasteiger partial charge in [0.15, 0.2) is 11.5 Å². The van der Waals surface area contributed by atoms with Crippen molar-refractivity contribution in [3.05, 3.63) is 23.8 Å². The fraction of sp³-hybridized carbons (Fsp3) is 0.739. The third-order valence-corrected chi connectivity index (χ3v) is 6.43. The molecule has 2 atom stereocenters. The summed E-state index contributed by atoms with van der Waals surface area (Å²) in [5.41, 5.74) is 1.71. The third kappa shape index (κ3) is 5.39. The Kier molecular flexibility index (Phi) is 6.69. The molecule has 2 heterocycles. The van der Waals surface area contributed by atoms with Gasteiger partial charge in [0.05, 0.1) is 5.60 Å². The Bertz CT molecular complexity index is 618. The van der Waals surface area contributed by atoms with Gasteiger partial charge in [-0.05, 0) is 74.6 Å². The van der Waals surface area contributed by atoms with E-state index in [0.717, 1.165) is 43.5 Å². The highest BCUT2D eigenvalue weighted by atomic mass is 16.7. The molecule has 0 saturated carbocycles. The average molecular weight is 376 g/mol. The van der Waals surface area contributed by atoms with E-state index < -0.39 is 0 Å². The lowest BCUT2D eigenvalue weighted by Crippen LogP contribution is -2.44. The number of rotatable bonds is 9. The highest BCUT2D eigenvalue weighted by Gasteiger charge is 2.41. The Morgan fingerprint density at radius 1 is 1.15 bits per heavy atom. The molecule has 3 rings (SSSR count). The van der Waals surface area contributed by atoms with E-state index in [-0.39, 0.29) is 5.60 Å². The molecular weight excluding hydrogens is 338 g/mol. The molecular formula is C23H37NO3. The van der Waals surface area contributed by atoms with Crippen LogP contribution in [0.2, 0.25) is 0 Å². The molecule has 0 spiro atoms. The fourth-order valence-electron chi connectivity index (χ4n) is 4.46. The molecule has 1 aromatic carbocycles. The summed E-state index contributed by atoms with van der Waals surface area (Å²) in [4.78, 5) is 0. The molecule has 0 aromatic heterocycles. The number of ether oxygens (including phenoxy) is 3. The fourth-order valence-corrected chi connectivity index (χ4v) is 4.46. The normalized spacial score (nSPS) is 27.3. The summed E-state index contributed by atoms with van der Waals surface area (Å²) in [6.45, 7) is 12.4. The van der Waals surface area contributed by atoms with Crippen molar-refractivity contribution in [1.29, 1.82) is 0 Å². The van der Waals surface area contributed by atoms with E-state index in [2.05, 4.69) is 45.1 Å². The second-order valence-electron chi connectivity index (χ2n) is 9.13. The molecule has 2 aliphatic heterocycles. The second kappa shape index (κ2) is 8.83. The molecule has 1 aromatic rings. The molecule has 1 N–H and O–H groups in total. The van der Waals surface area contributed by atoms with Gasteiger partial charge in [-0.1, -0.05) is 33.3 Å². The minimum Gasteiger partial charge on any atom is -0.454 e. The van der Waals surface area contributed by atoms with Gasteiger partial charge in [-0.25, -0.2) is 0 Å². The van der Waals surface area contributed by atoms with Crippen LogP contribution in [-0.4, -0.2) is 25.5 Å². The van der Waals surface area contributed by atoms with Crippen molar-refractivity contribution < 1.29 is 14.2 Å². The molecule has 1 saturated heterocycles. The standard InChI is InChI=1S/C23H37NO3/c1-5-22(4)16-23(11-13-27-22,9-8-18(2)3)10-12-24-15-19-6-7-20-21(14-19)26-17-25-20/h6-7,14,18,24H,5,8-13,15-17H2,1-4H3. The topological polar surface area (TPSA) is 39.7 Å². The number of fused-ring (bicyclic) bond motifs is 1. The van der Waals surface area contributed by atoms with Gasteiger partial charge in [0.25, 0.3) is 0 Å². The van der Waals surface area contributed by atoms with Crippen LogP contribution in [0.15, 0.2) is 18.2 Å². The van der Waals surface area contributed by atoms with Gasteiger partial charge in [-0.3, -0.25) is 0 Å². The Labute approximate surface area is 165 Å². The predicted molar refractivity (Wildman–Crippen MR) is 109 cm³/mol. The molecule has 0 amide bonds. The van der Waals surface area contributed by atoms with Crippen LogP contribution in [0.4, 0.5) is 0 Å². The SMILES string of the molecule is CCC1(C)CC(CCNCc2ccc3c(c2)OCO3)(CCC(C)C)CCO1. The van der Waals surface area contributed by atoms with E-state index in [1.54, 1.807) is 0 Å². The van der Waals surface area contributed by atoms with Gasteiger partial charge in [0.2, 0.25) is 6.79 Å². The summed E-state index contributed by atoms with van der Waals surface area (Å²) >= 11 is 0. The summed E-state index contributed by atoms with van der Waals surface area (Å²) in [6, 6.07) is 6.22. The minimum absolute atomic E-state index is 0.0482. The first-order chi connectivity index (χ1) is 12.9. The quantitative estimate of drug-likeness (QED) is 0.595. The average Bonchev–Trinajstić information content (AvgIpc) is 3.12. The largest absolute Gasteiger partial charge is 0.454 e. The Morgan fingerprint density at radius 2 is 1.96 bits per heavy atom. The third-order valence-electron chi connectivity index (χ3n) is 6.43. The van der Waals surface area contributed by atoms with Crippen molar-refractivity contribution in [3.63, 3.8) is 0 Å². The highest BCUT2D eigenvalue weighted by Crippen LogP contribution is 2.46. The zero-order chi connectivity index (χ0) is 19.3. The van der Waals surface area contributed by atoms with Crippen molar-refractivity contribution in [1.82, 2.24) is 5.32 Å². The molecule has 1 fully saturated rings. The van der Waals surface area contributed by atoms with Crippen LogP contribution in [0.3, 0.4) is 0 Å². The van der Waals surface area contributed by atoms with Crippen LogP contribution in [0.5, 0.6) is 11.5 Å². The minimum atomic E-state index is 0.0482. The van der Waals surface area contributed by atoms with E-state index in [4.69, 9.17) is 14.2 Å². The lowest BCUT2D eigenvalue weighted by Gasteiger charge is -2.47. The van der Waals surface area contributed by atoms with Crippen LogP contribution >= 0.6 is 0 Å². The smallest absolute Gasteiger partial charge is 0.231 e. The summed E-state index contributed by atoms with van der Waals surface area (Å²) in [7, 11) is 0. The van der Waals surface area contributed by atoms with Gasteiger partial charge < -0.3 is 19.5 Å². The first-order valence-corrected chi connectivity index (χ1v) is 10.7. The predicted octanol–water partition coefficient (Wildman–Crippen LogP) is 5.30. The van der Waals surface area contributed by atoms with Gasteiger partial charge in [-0.15, -0.1) is 0 Å². The molecule has 0 bridgehead atoms. The van der Waals surface area contributed by atoms with Crippen molar-refractivity contribution >= 4 is 0 Å². The maximum absolute atomic E-state index is 6.15. The number of nitrogens with one attached hydrogen (secondary N) is 1. The summed E-state index contributed by atoms with van der Waals surface area (Å²) in [6.07, 6.45) is 7.33. The molecule has 4 nitrogen and oxygen atoms in total. The second-order valence-corrected chi connectivity index (χ2v) is 9.13. The van der Waals surface area contributed by atoms with Gasteiger partial charge >= 0.3 is 0 Å². The number of benzene rings is 1. The number of hydrogen-bond acceptors (Lipinski definition) is 4. The van der Waals surface area contributed by atoms with Gasteiger partial charge in [-0.2, -0.15) is 0 Å². The van der Waals surface area contributed by atoms with E-state index >= 15 is 0 Å². The summed E-state index contributed by atoms with van der Waals surface area (Å²) < 4.78 is 17.0. The van der Waals surface area contributed by atoms with Gasteiger partial charge in [0.1, 0.15) is 0 Å². The van der Waals surface area contributed by atoms with Crippen molar-refractivity contribution in [2.45, 2.75) is 78.4 Å². The molecule has 2 aliphatic rings. The Morgan fingerprint density at radius 3 is 2.74 bits per heavy atom. The van der Waals surface area contributed by atoms with Crippen LogP contribution in [0, 0.1) is 11.3 Å². The van der Waals surface area contributed by atoms with E-state index in [1.807, 2.05) is 6.07 Å². The Hall–Kier alpha value is -1.26.